The summed E-state index contributed by atoms with van der Waals surface area (Å²) in [5, 5.41) is 6.72. The number of hydrogen-bond acceptors (Lipinski definition) is 4. The summed E-state index contributed by atoms with van der Waals surface area (Å²) >= 11 is 3.50. The summed E-state index contributed by atoms with van der Waals surface area (Å²) in [5.74, 6) is 1.64. The number of aromatic nitrogens is 1. The number of methoxy groups -OCH3 is 1. The van der Waals surface area contributed by atoms with Gasteiger partial charge in [-0.3, -0.25) is 4.99 Å². The summed E-state index contributed by atoms with van der Waals surface area (Å²) in [6.45, 7) is 2.07. The fourth-order valence-corrected chi connectivity index (χ4v) is 3.66. The Bertz CT molecular complexity index is 816. The Labute approximate surface area is 167 Å². The first-order valence-electron chi connectivity index (χ1n) is 8.75. The van der Waals surface area contributed by atoms with Gasteiger partial charge in [0.2, 0.25) is 0 Å². The molecule has 1 aromatic carbocycles. The van der Waals surface area contributed by atoms with Gasteiger partial charge in [0.25, 0.3) is 0 Å². The molecule has 27 heavy (non-hydrogen) atoms. The minimum Gasteiger partial charge on any atom is -0.496 e. The van der Waals surface area contributed by atoms with E-state index in [1.54, 1.807) is 26.4 Å². The number of benzene rings is 1. The lowest BCUT2D eigenvalue weighted by Crippen LogP contribution is -2.44. The van der Waals surface area contributed by atoms with Crippen LogP contribution in [-0.2, 0) is 6.54 Å². The fourth-order valence-electron chi connectivity index (χ4n) is 3.07. The summed E-state index contributed by atoms with van der Waals surface area (Å²) in [6, 6.07) is 9.17. The van der Waals surface area contributed by atoms with Crippen LogP contribution in [0.2, 0.25) is 0 Å². The van der Waals surface area contributed by atoms with Crippen molar-refractivity contribution in [1.82, 2.24) is 15.6 Å². The molecule has 0 bridgehead atoms. The molecule has 3 rings (SSSR count). The highest BCUT2D eigenvalue weighted by Gasteiger charge is 2.25. The molecule has 0 amide bonds. The molecule has 144 valence electrons. The highest BCUT2D eigenvalue weighted by molar-refractivity contribution is 9.10. The molecule has 2 N–H and O–H groups in total. The molecule has 1 unspecified atom stereocenters. The standard InChI is InChI=1S/C19H23BrFN5O/c1-22-19(24-11-13-5-6-17(27-2)15(20)10-13)25-14-7-9-26(12-14)18-16(21)4-3-8-23-18/h3-6,8,10,14H,7,9,11-12H2,1-2H3,(H2,22,24,25). The number of anilines is 1. The number of hydrogen-bond donors (Lipinski definition) is 2. The Morgan fingerprint density at radius 2 is 2.30 bits per heavy atom. The molecule has 1 saturated heterocycles. The van der Waals surface area contributed by atoms with Crippen LogP contribution in [0.1, 0.15) is 12.0 Å². The van der Waals surface area contributed by atoms with Crippen LogP contribution in [0.5, 0.6) is 5.75 Å². The number of aliphatic imine (C=N–C) groups is 1. The minimum atomic E-state index is -0.286. The topological polar surface area (TPSA) is 61.8 Å². The molecule has 8 heteroatoms. The van der Waals surface area contributed by atoms with E-state index in [9.17, 15) is 4.39 Å². The average Bonchev–Trinajstić information content (AvgIpc) is 3.14. The molecule has 2 heterocycles. The molecule has 1 aliphatic heterocycles. The van der Waals surface area contributed by atoms with Gasteiger partial charge < -0.3 is 20.3 Å². The number of nitrogens with one attached hydrogen (secondary N) is 2. The van der Waals surface area contributed by atoms with Crippen molar-refractivity contribution >= 4 is 27.7 Å². The van der Waals surface area contributed by atoms with Gasteiger partial charge in [0.15, 0.2) is 17.6 Å². The van der Waals surface area contributed by atoms with E-state index in [1.165, 1.54) is 6.07 Å². The number of rotatable bonds is 5. The molecular formula is C19H23BrFN5O. The van der Waals surface area contributed by atoms with Gasteiger partial charge in [0, 0.05) is 38.9 Å². The fraction of sp³-hybridized carbons (Fsp3) is 0.368. The van der Waals surface area contributed by atoms with Crippen LogP contribution in [0, 0.1) is 5.82 Å². The van der Waals surface area contributed by atoms with E-state index in [-0.39, 0.29) is 11.9 Å². The van der Waals surface area contributed by atoms with Crippen molar-refractivity contribution in [3.63, 3.8) is 0 Å². The molecule has 0 radical (unpaired) electrons. The van der Waals surface area contributed by atoms with Crippen LogP contribution >= 0.6 is 15.9 Å². The number of halogens is 2. The highest BCUT2D eigenvalue weighted by atomic mass is 79.9. The SMILES string of the molecule is CN=C(NCc1ccc(OC)c(Br)c1)NC1CCN(c2ncccc2F)C1. The van der Waals surface area contributed by atoms with Crippen LogP contribution in [0.15, 0.2) is 46.0 Å². The number of ether oxygens (including phenoxy) is 1. The maximum atomic E-state index is 13.9. The molecular weight excluding hydrogens is 413 g/mol. The maximum Gasteiger partial charge on any atom is 0.191 e. The van der Waals surface area contributed by atoms with E-state index in [1.807, 2.05) is 23.1 Å². The van der Waals surface area contributed by atoms with E-state index in [4.69, 9.17) is 4.74 Å². The van der Waals surface area contributed by atoms with Crippen molar-refractivity contribution in [3.05, 3.63) is 52.4 Å². The van der Waals surface area contributed by atoms with Gasteiger partial charge >= 0.3 is 0 Å². The first-order chi connectivity index (χ1) is 13.1. The molecule has 2 aromatic rings. The van der Waals surface area contributed by atoms with Gasteiger partial charge in [0.05, 0.1) is 11.6 Å². The number of guanidine groups is 1. The van der Waals surface area contributed by atoms with Crippen LogP contribution in [0.3, 0.4) is 0 Å². The lowest BCUT2D eigenvalue weighted by atomic mass is 10.2. The van der Waals surface area contributed by atoms with Crippen LogP contribution < -0.4 is 20.3 Å². The van der Waals surface area contributed by atoms with Crippen molar-refractivity contribution in [2.75, 3.05) is 32.1 Å². The van der Waals surface area contributed by atoms with Gasteiger partial charge in [-0.25, -0.2) is 9.37 Å². The Morgan fingerprint density at radius 3 is 3.00 bits per heavy atom. The van der Waals surface area contributed by atoms with Gasteiger partial charge in [-0.15, -0.1) is 0 Å². The second-order valence-corrected chi connectivity index (χ2v) is 7.13. The van der Waals surface area contributed by atoms with Crippen molar-refractivity contribution in [1.29, 1.82) is 0 Å². The largest absolute Gasteiger partial charge is 0.496 e. The zero-order chi connectivity index (χ0) is 19.2. The summed E-state index contributed by atoms with van der Waals surface area (Å²) in [7, 11) is 3.38. The van der Waals surface area contributed by atoms with Crippen molar-refractivity contribution < 1.29 is 9.13 Å². The third kappa shape index (κ3) is 4.88. The van der Waals surface area contributed by atoms with Gasteiger partial charge in [0.1, 0.15) is 5.75 Å². The van der Waals surface area contributed by atoms with E-state index in [0.717, 1.165) is 34.7 Å². The molecule has 1 fully saturated rings. The summed E-state index contributed by atoms with van der Waals surface area (Å²) in [6.07, 6.45) is 2.51. The summed E-state index contributed by atoms with van der Waals surface area (Å²) in [5.41, 5.74) is 1.11. The Morgan fingerprint density at radius 1 is 1.44 bits per heavy atom. The van der Waals surface area contributed by atoms with E-state index in [2.05, 4.69) is 36.5 Å². The smallest absolute Gasteiger partial charge is 0.191 e. The zero-order valence-corrected chi connectivity index (χ0v) is 17.0. The van der Waals surface area contributed by atoms with Gasteiger partial charge in [-0.1, -0.05) is 6.07 Å². The van der Waals surface area contributed by atoms with Crippen molar-refractivity contribution in [2.24, 2.45) is 4.99 Å². The zero-order valence-electron chi connectivity index (χ0n) is 15.4. The van der Waals surface area contributed by atoms with Crippen LogP contribution in [-0.4, -0.2) is 44.2 Å². The molecule has 1 aliphatic rings. The second-order valence-electron chi connectivity index (χ2n) is 6.28. The Kier molecular flexibility index (Phi) is 6.49. The third-order valence-corrected chi connectivity index (χ3v) is 5.09. The van der Waals surface area contributed by atoms with Crippen molar-refractivity contribution in [2.45, 2.75) is 19.0 Å². The summed E-state index contributed by atoms with van der Waals surface area (Å²) in [4.78, 5) is 10.4. The van der Waals surface area contributed by atoms with E-state index >= 15 is 0 Å². The highest BCUT2D eigenvalue weighted by Crippen LogP contribution is 2.25. The van der Waals surface area contributed by atoms with Crippen molar-refractivity contribution in [3.8, 4) is 5.75 Å². The molecule has 1 atom stereocenters. The van der Waals surface area contributed by atoms with E-state index in [0.29, 0.717) is 18.9 Å². The lowest BCUT2D eigenvalue weighted by Gasteiger charge is -2.20. The Balaban J connectivity index is 1.54. The predicted octanol–water partition coefficient (Wildman–Crippen LogP) is 2.94. The molecule has 0 spiro atoms. The first kappa shape index (κ1) is 19.4. The summed E-state index contributed by atoms with van der Waals surface area (Å²) < 4.78 is 20.1. The monoisotopic (exact) mass is 435 g/mol. The lowest BCUT2D eigenvalue weighted by molar-refractivity contribution is 0.412. The van der Waals surface area contributed by atoms with Crippen LogP contribution in [0.4, 0.5) is 10.2 Å². The van der Waals surface area contributed by atoms with E-state index < -0.39 is 0 Å². The normalized spacial score (nSPS) is 17.1. The minimum absolute atomic E-state index is 0.181. The molecule has 6 nitrogen and oxygen atoms in total. The maximum absolute atomic E-state index is 13.9. The molecule has 1 aromatic heterocycles. The third-order valence-electron chi connectivity index (χ3n) is 4.47. The first-order valence-corrected chi connectivity index (χ1v) is 9.55. The van der Waals surface area contributed by atoms with Crippen LogP contribution in [0.25, 0.3) is 0 Å². The second kappa shape index (κ2) is 9.03. The predicted molar refractivity (Wildman–Crippen MR) is 109 cm³/mol. The number of nitrogens with zero attached hydrogens (tertiary/aromatic N) is 3. The molecule has 0 aliphatic carbocycles. The molecule has 0 saturated carbocycles. The average molecular weight is 436 g/mol. The van der Waals surface area contributed by atoms with Gasteiger partial charge in [-0.2, -0.15) is 0 Å². The number of pyridine rings is 1. The van der Waals surface area contributed by atoms with Gasteiger partial charge in [-0.05, 0) is 52.2 Å². The quantitative estimate of drug-likeness (QED) is 0.558. The Hall–Kier alpha value is -2.35.